The second-order valence-corrected chi connectivity index (χ2v) is 7.04. The first kappa shape index (κ1) is 20.5. The standard InChI is InChI=1S/C24H21F2N3O2/c1-16(22-28-29-23(31-22)18-10-6-3-7-11-18)27-20-12-13-21(30-24(25)26)19(15-20)14-17-8-4-2-5-9-17/h2-13,15-16,24,27H,14H2,1H3. The van der Waals surface area contributed by atoms with Gasteiger partial charge in [0.2, 0.25) is 11.8 Å². The van der Waals surface area contributed by atoms with E-state index in [0.717, 1.165) is 16.8 Å². The molecule has 0 fully saturated rings. The van der Waals surface area contributed by atoms with Gasteiger partial charge in [0.25, 0.3) is 0 Å². The lowest BCUT2D eigenvalue weighted by Crippen LogP contribution is -2.09. The number of halogens is 2. The number of hydrogen-bond donors (Lipinski definition) is 1. The molecule has 0 bridgehead atoms. The van der Waals surface area contributed by atoms with E-state index in [1.165, 1.54) is 0 Å². The molecule has 5 nitrogen and oxygen atoms in total. The van der Waals surface area contributed by atoms with Crippen molar-refractivity contribution >= 4 is 5.69 Å². The highest BCUT2D eigenvalue weighted by Gasteiger charge is 2.17. The van der Waals surface area contributed by atoms with Gasteiger partial charge in [-0.15, -0.1) is 10.2 Å². The molecule has 1 atom stereocenters. The summed E-state index contributed by atoms with van der Waals surface area (Å²) in [5.41, 5.74) is 3.22. The van der Waals surface area contributed by atoms with E-state index in [-0.39, 0.29) is 11.8 Å². The predicted octanol–water partition coefficient (Wildman–Crippen LogP) is 6.10. The van der Waals surface area contributed by atoms with Gasteiger partial charge in [0, 0.05) is 23.2 Å². The van der Waals surface area contributed by atoms with Crippen molar-refractivity contribution < 1.29 is 17.9 Å². The quantitative estimate of drug-likeness (QED) is 0.372. The van der Waals surface area contributed by atoms with Gasteiger partial charge in [-0.2, -0.15) is 8.78 Å². The molecule has 158 valence electrons. The molecule has 1 N–H and O–H groups in total. The molecule has 0 spiro atoms. The van der Waals surface area contributed by atoms with Crippen molar-refractivity contribution in [2.24, 2.45) is 0 Å². The number of anilines is 1. The molecule has 0 saturated heterocycles. The van der Waals surface area contributed by atoms with Gasteiger partial charge in [0.15, 0.2) is 0 Å². The third-order valence-corrected chi connectivity index (χ3v) is 4.73. The highest BCUT2D eigenvalue weighted by molar-refractivity contribution is 5.54. The van der Waals surface area contributed by atoms with Crippen molar-refractivity contribution in [3.8, 4) is 17.2 Å². The van der Waals surface area contributed by atoms with Crippen LogP contribution in [0.25, 0.3) is 11.5 Å². The third kappa shape index (κ3) is 5.25. The second-order valence-electron chi connectivity index (χ2n) is 7.04. The number of nitrogens with one attached hydrogen (secondary N) is 1. The molecule has 0 aliphatic rings. The number of ether oxygens (including phenoxy) is 1. The van der Waals surface area contributed by atoms with E-state index in [1.807, 2.05) is 67.6 Å². The summed E-state index contributed by atoms with van der Waals surface area (Å²) in [7, 11) is 0. The van der Waals surface area contributed by atoms with Gasteiger partial charge in [0.05, 0.1) is 0 Å². The molecule has 7 heteroatoms. The molecule has 1 aromatic heterocycles. The molecule has 0 radical (unpaired) electrons. The summed E-state index contributed by atoms with van der Waals surface area (Å²) in [6.45, 7) is -0.995. The number of alkyl halides is 2. The number of nitrogens with zero attached hydrogens (tertiary/aromatic N) is 2. The zero-order valence-electron chi connectivity index (χ0n) is 16.8. The minimum atomic E-state index is -2.89. The van der Waals surface area contributed by atoms with Gasteiger partial charge in [0.1, 0.15) is 11.8 Å². The summed E-state index contributed by atoms with van der Waals surface area (Å²) < 4.78 is 36.2. The first-order valence-electron chi connectivity index (χ1n) is 9.85. The summed E-state index contributed by atoms with van der Waals surface area (Å²) in [4.78, 5) is 0. The molecule has 3 aromatic carbocycles. The number of benzene rings is 3. The maximum Gasteiger partial charge on any atom is 0.387 e. The van der Waals surface area contributed by atoms with E-state index < -0.39 is 6.61 Å². The zero-order valence-corrected chi connectivity index (χ0v) is 16.8. The lowest BCUT2D eigenvalue weighted by atomic mass is 10.0. The Balaban J connectivity index is 1.54. The number of hydrogen-bond acceptors (Lipinski definition) is 5. The maximum atomic E-state index is 12.8. The van der Waals surface area contributed by atoms with Crippen LogP contribution in [-0.4, -0.2) is 16.8 Å². The molecule has 1 heterocycles. The molecule has 1 unspecified atom stereocenters. The zero-order chi connectivity index (χ0) is 21.6. The number of aromatic nitrogens is 2. The molecule has 0 saturated carbocycles. The van der Waals surface area contributed by atoms with Gasteiger partial charge < -0.3 is 14.5 Å². The maximum absolute atomic E-state index is 12.8. The van der Waals surface area contributed by atoms with E-state index in [2.05, 4.69) is 15.5 Å². The Morgan fingerprint density at radius 3 is 2.35 bits per heavy atom. The fraction of sp³-hybridized carbons (Fsp3) is 0.167. The van der Waals surface area contributed by atoms with E-state index in [1.54, 1.807) is 18.2 Å². The Morgan fingerprint density at radius 2 is 1.65 bits per heavy atom. The van der Waals surface area contributed by atoms with E-state index in [4.69, 9.17) is 9.15 Å². The van der Waals surface area contributed by atoms with Crippen molar-refractivity contribution in [1.29, 1.82) is 0 Å². The Kier molecular flexibility index (Phi) is 6.21. The van der Waals surface area contributed by atoms with Crippen LogP contribution in [0.3, 0.4) is 0 Å². The molecular weight excluding hydrogens is 400 g/mol. The Bertz CT molecular complexity index is 1120. The van der Waals surface area contributed by atoms with Crippen molar-refractivity contribution in [2.45, 2.75) is 26.0 Å². The SMILES string of the molecule is CC(Nc1ccc(OC(F)F)c(Cc2ccccc2)c1)c1nnc(-c2ccccc2)o1. The summed E-state index contributed by atoms with van der Waals surface area (Å²) >= 11 is 0. The third-order valence-electron chi connectivity index (χ3n) is 4.73. The largest absolute Gasteiger partial charge is 0.435 e. The topological polar surface area (TPSA) is 60.2 Å². The minimum absolute atomic E-state index is 0.154. The van der Waals surface area contributed by atoms with Crippen LogP contribution in [0.15, 0.2) is 83.3 Å². The first-order valence-corrected chi connectivity index (χ1v) is 9.85. The van der Waals surface area contributed by atoms with E-state index in [0.29, 0.717) is 23.8 Å². The fourth-order valence-electron chi connectivity index (χ4n) is 3.25. The van der Waals surface area contributed by atoms with Crippen LogP contribution in [0, 0.1) is 0 Å². The molecule has 4 aromatic rings. The smallest absolute Gasteiger partial charge is 0.387 e. The van der Waals surface area contributed by atoms with Crippen LogP contribution in [0.5, 0.6) is 5.75 Å². The van der Waals surface area contributed by atoms with Crippen molar-refractivity contribution in [2.75, 3.05) is 5.32 Å². The average molecular weight is 421 g/mol. The van der Waals surface area contributed by atoms with Gasteiger partial charge in [-0.3, -0.25) is 0 Å². The highest BCUT2D eigenvalue weighted by atomic mass is 19.3. The van der Waals surface area contributed by atoms with Crippen molar-refractivity contribution in [1.82, 2.24) is 10.2 Å². The Labute approximate surface area is 178 Å². The van der Waals surface area contributed by atoms with Crippen molar-refractivity contribution in [3.63, 3.8) is 0 Å². The summed E-state index contributed by atoms with van der Waals surface area (Å²) in [6.07, 6.45) is 0.464. The molecule has 0 aliphatic heterocycles. The highest BCUT2D eigenvalue weighted by Crippen LogP contribution is 2.29. The van der Waals surface area contributed by atoms with Gasteiger partial charge >= 0.3 is 6.61 Å². The van der Waals surface area contributed by atoms with Crippen LogP contribution in [0.2, 0.25) is 0 Å². The molecule has 0 aliphatic carbocycles. The van der Waals surface area contributed by atoms with Crippen LogP contribution < -0.4 is 10.1 Å². The average Bonchev–Trinajstić information content (AvgIpc) is 3.27. The fourth-order valence-corrected chi connectivity index (χ4v) is 3.25. The number of rotatable bonds is 8. The van der Waals surface area contributed by atoms with Crippen LogP contribution in [-0.2, 0) is 6.42 Å². The van der Waals surface area contributed by atoms with Gasteiger partial charge in [-0.1, -0.05) is 48.5 Å². The minimum Gasteiger partial charge on any atom is -0.435 e. The Hall–Kier alpha value is -3.74. The molecular formula is C24H21F2N3O2. The van der Waals surface area contributed by atoms with Crippen LogP contribution >= 0.6 is 0 Å². The second kappa shape index (κ2) is 9.38. The van der Waals surface area contributed by atoms with E-state index >= 15 is 0 Å². The summed E-state index contributed by atoms with van der Waals surface area (Å²) in [5.74, 6) is 1.02. The molecule has 0 amide bonds. The van der Waals surface area contributed by atoms with Crippen molar-refractivity contribution in [3.05, 3.63) is 95.9 Å². The molecule has 4 rings (SSSR count). The first-order chi connectivity index (χ1) is 15.1. The molecule has 31 heavy (non-hydrogen) atoms. The van der Waals surface area contributed by atoms with Gasteiger partial charge in [-0.25, -0.2) is 0 Å². The lowest BCUT2D eigenvalue weighted by Gasteiger charge is -2.16. The Morgan fingerprint density at radius 1 is 0.935 bits per heavy atom. The van der Waals surface area contributed by atoms with Crippen LogP contribution in [0.1, 0.15) is 30.0 Å². The van der Waals surface area contributed by atoms with Crippen LogP contribution in [0.4, 0.5) is 14.5 Å². The monoisotopic (exact) mass is 421 g/mol. The normalized spacial score (nSPS) is 12.0. The van der Waals surface area contributed by atoms with E-state index in [9.17, 15) is 8.78 Å². The summed E-state index contributed by atoms with van der Waals surface area (Å²) in [5, 5.41) is 11.5. The lowest BCUT2D eigenvalue weighted by molar-refractivity contribution is -0.0503. The summed E-state index contributed by atoms with van der Waals surface area (Å²) in [6, 6.07) is 23.9. The predicted molar refractivity (Wildman–Crippen MR) is 114 cm³/mol. The van der Waals surface area contributed by atoms with Gasteiger partial charge in [-0.05, 0) is 42.8 Å².